The van der Waals surface area contributed by atoms with Crippen LogP contribution in [0, 0.1) is 0 Å². The number of sulfone groups is 1. The van der Waals surface area contributed by atoms with Crippen molar-refractivity contribution >= 4 is 32.6 Å². The molecule has 7 heteroatoms. The fourth-order valence-corrected chi connectivity index (χ4v) is 4.07. The average Bonchev–Trinajstić information content (AvgIpc) is 2.88. The van der Waals surface area contributed by atoms with Gasteiger partial charge in [0, 0.05) is 12.2 Å². The van der Waals surface area contributed by atoms with E-state index in [0.29, 0.717) is 35.8 Å². The van der Waals surface area contributed by atoms with Crippen LogP contribution in [0.15, 0.2) is 22.6 Å². The van der Waals surface area contributed by atoms with E-state index in [1.807, 2.05) is 0 Å². The van der Waals surface area contributed by atoms with E-state index in [9.17, 15) is 8.42 Å². The maximum absolute atomic E-state index is 11.7. The number of hydrogen-bond donors (Lipinski definition) is 2. The van der Waals surface area contributed by atoms with Gasteiger partial charge in [0.25, 0.3) is 6.01 Å². The lowest BCUT2D eigenvalue weighted by atomic mass is 10.2. The Balaban J connectivity index is 1.75. The van der Waals surface area contributed by atoms with E-state index in [-0.39, 0.29) is 11.0 Å². The monoisotopic (exact) mass is 281 g/mol. The van der Waals surface area contributed by atoms with Gasteiger partial charge in [-0.05, 0) is 31.0 Å². The van der Waals surface area contributed by atoms with Crippen LogP contribution >= 0.6 is 0 Å². The Morgan fingerprint density at radius 2 is 2.32 bits per heavy atom. The normalized spacial score (nSPS) is 21.8. The number of aromatic nitrogens is 1. The number of nitrogen functional groups attached to an aromatic ring is 1. The summed E-state index contributed by atoms with van der Waals surface area (Å²) in [6.07, 6.45) is 1.43. The number of nitrogens with two attached hydrogens (primary N) is 1. The fourth-order valence-electron chi connectivity index (χ4n) is 2.31. The number of rotatable bonds is 3. The summed E-state index contributed by atoms with van der Waals surface area (Å²) in [5.41, 5.74) is 7.57. The summed E-state index contributed by atoms with van der Waals surface area (Å²) in [4.78, 5) is 4.23. The molecule has 6 nitrogen and oxygen atoms in total. The van der Waals surface area contributed by atoms with Crippen LogP contribution in [0.4, 0.5) is 11.7 Å². The van der Waals surface area contributed by atoms with Crippen LogP contribution in [0.3, 0.4) is 0 Å². The van der Waals surface area contributed by atoms with Crippen LogP contribution in [-0.2, 0) is 9.84 Å². The molecule has 0 bridgehead atoms. The highest BCUT2D eigenvalue weighted by atomic mass is 32.2. The first-order chi connectivity index (χ1) is 9.04. The first kappa shape index (κ1) is 12.3. The van der Waals surface area contributed by atoms with Crippen molar-refractivity contribution in [2.75, 3.05) is 23.3 Å². The molecule has 1 unspecified atom stereocenters. The highest BCUT2D eigenvalue weighted by Crippen LogP contribution is 2.23. The number of nitrogens with one attached hydrogen (secondary N) is 1. The molecule has 2 aromatic rings. The zero-order valence-corrected chi connectivity index (χ0v) is 11.1. The lowest BCUT2D eigenvalue weighted by Gasteiger charge is -2.08. The summed E-state index contributed by atoms with van der Waals surface area (Å²) < 4.78 is 28.9. The lowest BCUT2D eigenvalue weighted by Crippen LogP contribution is -2.25. The van der Waals surface area contributed by atoms with Crippen molar-refractivity contribution in [3.8, 4) is 0 Å². The van der Waals surface area contributed by atoms with Gasteiger partial charge in [0.15, 0.2) is 15.4 Å². The van der Waals surface area contributed by atoms with Crippen molar-refractivity contribution in [3.63, 3.8) is 0 Å². The van der Waals surface area contributed by atoms with E-state index in [0.717, 1.165) is 6.42 Å². The van der Waals surface area contributed by atoms with Crippen LogP contribution in [0.25, 0.3) is 11.1 Å². The Kier molecular flexibility index (Phi) is 2.85. The van der Waals surface area contributed by atoms with Gasteiger partial charge in [-0.2, -0.15) is 4.98 Å². The first-order valence-electron chi connectivity index (χ1n) is 6.16. The second-order valence-electron chi connectivity index (χ2n) is 4.76. The van der Waals surface area contributed by atoms with Gasteiger partial charge in [-0.1, -0.05) is 0 Å². The molecule has 1 aliphatic rings. The number of anilines is 2. The van der Waals surface area contributed by atoms with Gasteiger partial charge >= 0.3 is 0 Å². The van der Waals surface area contributed by atoms with Gasteiger partial charge in [0.05, 0.1) is 11.0 Å². The minimum Gasteiger partial charge on any atom is -0.424 e. The van der Waals surface area contributed by atoms with Crippen molar-refractivity contribution in [3.05, 3.63) is 18.2 Å². The molecule has 1 atom stereocenters. The fraction of sp³-hybridized carbons (Fsp3) is 0.417. The predicted molar refractivity (Wildman–Crippen MR) is 73.7 cm³/mol. The molecular formula is C12H15N3O3S. The molecule has 19 heavy (non-hydrogen) atoms. The standard InChI is InChI=1S/C12H15N3O3S/c13-8-3-4-11-10(6-8)15-12(18-11)14-7-9-2-1-5-19(9,16)17/h3-4,6,9H,1-2,5,7,13H2,(H,14,15). The molecular weight excluding hydrogens is 266 g/mol. The van der Waals surface area contributed by atoms with Crippen LogP contribution in [-0.4, -0.2) is 30.9 Å². The Morgan fingerprint density at radius 3 is 3.05 bits per heavy atom. The molecule has 3 N–H and O–H groups in total. The summed E-state index contributed by atoms with van der Waals surface area (Å²) in [7, 11) is -2.95. The van der Waals surface area contributed by atoms with Gasteiger partial charge in [0.2, 0.25) is 0 Å². The molecule has 1 aliphatic heterocycles. The molecule has 102 valence electrons. The molecule has 0 aliphatic carbocycles. The summed E-state index contributed by atoms with van der Waals surface area (Å²) in [5.74, 6) is 0.281. The number of fused-ring (bicyclic) bond motifs is 1. The van der Waals surface area contributed by atoms with E-state index in [1.165, 1.54) is 0 Å². The maximum atomic E-state index is 11.7. The van der Waals surface area contributed by atoms with Crippen molar-refractivity contribution < 1.29 is 12.8 Å². The van der Waals surface area contributed by atoms with E-state index < -0.39 is 9.84 Å². The Bertz CT molecular complexity index is 708. The van der Waals surface area contributed by atoms with Crippen molar-refractivity contribution in [2.45, 2.75) is 18.1 Å². The molecule has 3 rings (SSSR count). The number of nitrogens with zero attached hydrogens (tertiary/aromatic N) is 1. The molecule has 1 fully saturated rings. The molecule has 0 amide bonds. The zero-order valence-electron chi connectivity index (χ0n) is 10.3. The maximum Gasteiger partial charge on any atom is 0.295 e. The third-order valence-electron chi connectivity index (χ3n) is 3.36. The molecule has 0 radical (unpaired) electrons. The molecule has 1 aromatic heterocycles. The van der Waals surface area contributed by atoms with Crippen LogP contribution in [0.5, 0.6) is 0 Å². The Labute approximate surface area is 110 Å². The van der Waals surface area contributed by atoms with E-state index in [4.69, 9.17) is 10.2 Å². The van der Waals surface area contributed by atoms with Gasteiger partial charge in [-0.15, -0.1) is 0 Å². The van der Waals surface area contributed by atoms with Crippen LogP contribution in [0.1, 0.15) is 12.8 Å². The number of benzene rings is 1. The van der Waals surface area contributed by atoms with Crippen molar-refractivity contribution in [1.82, 2.24) is 4.98 Å². The topological polar surface area (TPSA) is 98.2 Å². The van der Waals surface area contributed by atoms with E-state index in [2.05, 4.69) is 10.3 Å². The molecule has 0 spiro atoms. The molecule has 1 saturated heterocycles. The first-order valence-corrected chi connectivity index (χ1v) is 7.88. The summed E-state index contributed by atoms with van der Waals surface area (Å²) >= 11 is 0. The number of hydrogen-bond acceptors (Lipinski definition) is 6. The van der Waals surface area contributed by atoms with Gasteiger partial charge in [-0.25, -0.2) is 8.42 Å². The third-order valence-corrected chi connectivity index (χ3v) is 5.63. The second kappa shape index (κ2) is 4.41. The summed E-state index contributed by atoms with van der Waals surface area (Å²) in [6.45, 7) is 0.338. The quantitative estimate of drug-likeness (QED) is 0.825. The van der Waals surface area contributed by atoms with Crippen LogP contribution < -0.4 is 11.1 Å². The Hall–Kier alpha value is -1.76. The van der Waals surface area contributed by atoms with E-state index in [1.54, 1.807) is 18.2 Å². The molecule has 1 aromatic carbocycles. The van der Waals surface area contributed by atoms with Crippen LogP contribution in [0.2, 0.25) is 0 Å². The summed E-state index contributed by atoms with van der Waals surface area (Å²) in [6, 6.07) is 5.53. The van der Waals surface area contributed by atoms with Gasteiger partial charge in [0.1, 0.15) is 5.52 Å². The smallest absolute Gasteiger partial charge is 0.295 e. The average molecular weight is 281 g/mol. The van der Waals surface area contributed by atoms with E-state index >= 15 is 0 Å². The third kappa shape index (κ3) is 2.37. The van der Waals surface area contributed by atoms with Gasteiger partial charge in [-0.3, -0.25) is 0 Å². The van der Waals surface area contributed by atoms with Gasteiger partial charge < -0.3 is 15.5 Å². The SMILES string of the molecule is Nc1ccc2oc(NCC3CCCS3(=O)=O)nc2c1. The highest BCUT2D eigenvalue weighted by molar-refractivity contribution is 7.92. The largest absolute Gasteiger partial charge is 0.424 e. The molecule has 2 heterocycles. The minimum absolute atomic E-state index is 0.281. The predicted octanol–water partition coefficient (Wildman–Crippen LogP) is 1.40. The van der Waals surface area contributed by atoms with Crippen molar-refractivity contribution in [2.24, 2.45) is 0 Å². The summed E-state index contributed by atoms with van der Waals surface area (Å²) in [5, 5.41) is 2.61. The molecule has 0 saturated carbocycles. The highest BCUT2D eigenvalue weighted by Gasteiger charge is 2.31. The number of oxazole rings is 1. The van der Waals surface area contributed by atoms with Crippen molar-refractivity contribution in [1.29, 1.82) is 0 Å². The zero-order chi connectivity index (χ0) is 13.5. The second-order valence-corrected chi connectivity index (χ2v) is 7.16. The Morgan fingerprint density at radius 1 is 1.47 bits per heavy atom. The minimum atomic E-state index is -2.95. The lowest BCUT2D eigenvalue weighted by molar-refractivity contribution is 0.587.